The van der Waals surface area contributed by atoms with Crippen LogP contribution in [-0.2, 0) is 13.6 Å². The number of hydrogen-bond donors (Lipinski definition) is 1. The Morgan fingerprint density at radius 3 is 2.73 bits per heavy atom. The highest BCUT2D eigenvalue weighted by atomic mass is 16.2. The molecule has 1 atom stereocenters. The maximum atomic E-state index is 12.9. The summed E-state index contributed by atoms with van der Waals surface area (Å²) in [4.78, 5) is 12.9. The Hall–Kier alpha value is -2.89. The van der Waals surface area contributed by atoms with Crippen molar-refractivity contribution in [2.75, 3.05) is 0 Å². The van der Waals surface area contributed by atoms with Crippen LogP contribution in [0.15, 0.2) is 54.9 Å². The van der Waals surface area contributed by atoms with Crippen LogP contribution in [0.3, 0.4) is 0 Å². The predicted octanol–water partition coefficient (Wildman–Crippen LogP) is 3.06. The Morgan fingerprint density at radius 1 is 1.27 bits per heavy atom. The molecule has 1 amide bonds. The number of carbonyl (C=O) groups is 1. The van der Waals surface area contributed by atoms with Crippen LogP contribution in [0.2, 0.25) is 0 Å². The Kier molecular flexibility index (Phi) is 4.56. The minimum Gasteiger partial charge on any atom is -0.342 e. The second-order valence-electron chi connectivity index (χ2n) is 6.87. The molecule has 4 rings (SSSR count). The molecule has 0 aliphatic heterocycles. The topological polar surface area (TPSA) is 64.7 Å². The second kappa shape index (κ2) is 7.15. The summed E-state index contributed by atoms with van der Waals surface area (Å²) in [7, 11) is 1.84. The van der Waals surface area contributed by atoms with E-state index in [1.165, 1.54) is 19.3 Å². The lowest BCUT2D eigenvalue weighted by atomic mass is 9.83. The molecule has 1 unspecified atom stereocenters. The summed E-state index contributed by atoms with van der Waals surface area (Å²) >= 11 is 0. The van der Waals surface area contributed by atoms with Crippen molar-refractivity contribution in [3.63, 3.8) is 0 Å². The third-order valence-corrected chi connectivity index (χ3v) is 5.09. The maximum absolute atomic E-state index is 12.9. The number of hydrogen-bond acceptors (Lipinski definition) is 3. The summed E-state index contributed by atoms with van der Waals surface area (Å²) < 4.78 is 3.53. The number of aromatic nitrogens is 4. The molecule has 0 spiro atoms. The SMILES string of the molecule is Cn1nc(C2CCC2)cc1C(=O)NC(Cn1cccn1)c1ccccc1. The molecule has 26 heavy (non-hydrogen) atoms. The quantitative estimate of drug-likeness (QED) is 0.744. The lowest BCUT2D eigenvalue weighted by Crippen LogP contribution is -2.32. The van der Waals surface area contributed by atoms with Crippen molar-refractivity contribution in [3.05, 3.63) is 71.8 Å². The Bertz CT molecular complexity index is 865. The highest BCUT2D eigenvalue weighted by Crippen LogP contribution is 2.35. The number of nitrogens with zero attached hydrogens (tertiary/aromatic N) is 4. The molecule has 2 heterocycles. The fourth-order valence-electron chi connectivity index (χ4n) is 3.35. The van der Waals surface area contributed by atoms with E-state index >= 15 is 0 Å². The number of rotatable bonds is 6. The van der Waals surface area contributed by atoms with E-state index in [9.17, 15) is 4.79 Å². The van der Waals surface area contributed by atoms with Crippen LogP contribution >= 0.6 is 0 Å². The van der Waals surface area contributed by atoms with E-state index < -0.39 is 0 Å². The van der Waals surface area contributed by atoms with Crippen molar-refractivity contribution in [2.24, 2.45) is 7.05 Å². The molecule has 3 aromatic rings. The molecule has 1 aliphatic carbocycles. The average molecular weight is 349 g/mol. The largest absolute Gasteiger partial charge is 0.342 e. The van der Waals surface area contributed by atoms with Gasteiger partial charge in [-0.1, -0.05) is 36.8 Å². The zero-order chi connectivity index (χ0) is 17.9. The highest BCUT2D eigenvalue weighted by molar-refractivity contribution is 5.93. The summed E-state index contributed by atoms with van der Waals surface area (Å²) in [5.74, 6) is 0.406. The van der Waals surface area contributed by atoms with Gasteiger partial charge < -0.3 is 5.32 Å². The van der Waals surface area contributed by atoms with Gasteiger partial charge >= 0.3 is 0 Å². The molecule has 1 fully saturated rings. The molecule has 1 saturated carbocycles. The fourth-order valence-corrected chi connectivity index (χ4v) is 3.35. The van der Waals surface area contributed by atoms with Crippen molar-refractivity contribution in [1.29, 1.82) is 0 Å². The molecule has 1 aliphatic rings. The molecule has 1 N–H and O–H groups in total. The van der Waals surface area contributed by atoms with Gasteiger partial charge in [0.05, 0.1) is 18.3 Å². The van der Waals surface area contributed by atoms with E-state index in [0.717, 1.165) is 11.3 Å². The standard InChI is InChI=1S/C20H23N5O/c1-24-19(13-17(23-24)15-9-5-10-15)20(26)22-18(14-25-12-6-11-21-25)16-7-3-2-4-8-16/h2-4,6-8,11-13,15,18H,5,9-10,14H2,1H3,(H,22,26). The van der Waals surface area contributed by atoms with Gasteiger partial charge in [0.2, 0.25) is 0 Å². The zero-order valence-electron chi connectivity index (χ0n) is 14.9. The molecule has 0 saturated heterocycles. The number of benzene rings is 1. The maximum Gasteiger partial charge on any atom is 0.270 e. The van der Waals surface area contributed by atoms with Crippen LogP contribution in [0.5, 0.6) is 0 Å². The highest BCUT2D eigenvalue weighted by Gasteiger charge is 2.25. The zero-order valence-corrected chi connectivity index (χ0v) is 14.9. The van der Waals surface area contributed by atoms with Crippen LogP contribution < -0.4 is 5.32 Å². The van der Waals surface area contributed by atoms with Crippen molar-refractivity contribution in [2.45, 2.75) is 37.8 Å². The lowest BCUT2D eigenvalue weighted by Gasteiger charge is -2.22. The number of carbonyl (C=O) groups excluding carboxylic acids is 1. The molecule has 1 aromatic carbocycles. The first kappa shape index (κ1) is 16.6. The van der Waals surface area contributed by atoms with Crippen LogP contribution in [0, 0.1) is 0 Å². The molecule has 0 radical (unpaired) electrons. The van der Waals surface area contributed by atoms with Gasteiger partial charge in [-0.15, -0.1) is 0 Å². The first-order valence-electron chi connectivity index (χ1n) is 9.08. The number of nitrogens with one attached hydrogen (secondary N) is 1. The smallest absolute Gasteiger partial charge is 0.270 e. The van der Waals surface area contributed by atoms with Crippen LogP contribution in [-0.4, -0.2) is 25.5 Å². The number of amides is 1. The van der Waals surface area contributed by atoms with Crippen LogP contribution in [0.4, 0.5) is 0 Å². The lowest BCUT2D eigenvalue weighted by molar-refractivity contribution is 0.0922. The van der Waals surface area contributed by atoms with Crippen LogP contribution in [0.1, 0.15) is 53.0 Å². The van der Waals surface area contributed by atoms with Crippen molar-refractivity contribution >= 4 is 5.91 Å². The summed E-state index contributed by atoms with van der Waals surface area (Å²) in [6.45, 7) is 0.579. The number of aryl methyl sites for hydroxylation is 1. The monoisotopic (exact) mass is 349 g/mol. The van der Waals surface area contributed by atoms with E-state index in [1.54, 1.807) is 10.9 Å². The third-order valence-electron chi connectivity index (χ3n) is 5.09. The molecule has 6 heteroatoms. The summed E-state index contributed by atoms with van der Waals surface area (Å²) in [6.07, 6.45) is 7.24. The van der Waals surface area contributed by atoms with E-state index in [-0.39, 0.29) is 11.9 Å². The van der Waals surface area contributed by atoms with Gasteiger partial charge in [0.15, 0.2) is 0 Å². The molecule has 6 nitrogen and oxygen atoms in total. The Morgan fingerprint density at radius 2 is 2.08 bits per heavy atom. The first-order chi connectivity index (χ1) is 12.7. The molecule has 2 aromatic heterocycles. The van der Waals surface area contributed by atoms with Gasteiger partial charge in [0.25, 0.3) is 5.91 Å². The average Bonchev–Trinajstić information content (AvgIpc) is 3.23. The summed E-state index contributed by atoms with van der Waals surface area (Å²) in [5, 5.41) is 12.0. The molecule has 0 bridgehead atoms. The normalized spacial score (nSPS) is 15.4. The third kappa shape index (κ3) is 3.40. The minimum atomic E-state index is -0.161. The molecular formula is C20H23N5O. The van der Waals surface area contributed by atoms with Gasteiger partial charge in [-0.3, -0.25) is 14.2 Å². The molecular weight excluding hydrogens is 326 g/mol. The van der Waals surface area contributed by atoms with E-state index in [2.05, 4.69) is 15.5 Å². The van der Waals surface area contributed by atoms with Gasteiger partial charge in [0, 0.05) is 25.4 Å². The molecule has 134 valence electrons. The second-order valence-corrected chi connectivity index (χ2v) is 6.87. The minimum absolute atomic E-state index is 0.105. The van der Waals surface area contributed by atoms with E-state index in [0.29, 0.717) is 18.2 Å². The Labute approximate surface area is 152 Å². The van der Waals surface area contributed by atoms with Gasteiger partial charge in [-0.2, -0.15) is 10.2 Å². The fraction of sp³-hybridized carbons (Fsp3) is 0.350. The van der Waals surface area contributed by atoms with Gasteiger partial charge in [-0.25, -0.2) is 0 Å². The predicted molar refractivity (Wildman–Crippen MR) is 98.7 cm³/mol. The summed E-state index contributed by atoms with van der Waals surface area (Å²) in [5.41, 5.74) is 2.69. The van der Waals surface area contributed by atoms with Crippen molar-refractivity contribution < 1.29 is 4.79 Å². The van der Waals surface area contributed by atoms with E-state index in [4.69, 9.17) is 0 Å². The van der Waals surface area contributed by atoms with Crippen LogP contribution in [0.25, 0.3) is 0 Å². The Balaban J connectivity index is 1.55. The van der Waals surface area contributed by atoms with E-state index in [1.807, 2.05) is 60.4 Å². The van der Waals surface area contributed by atoms with Gasteiger partial charge in [-0.05, 0) is 30.5 Å². The first-order valence-corrected chi connectivity index (χ1v) is 9.08. The summed E-state index contributed by atoms with van der Waals surface area (Å²) in [6, 6.07) is 13.7. The van der Waals surface area contributed by atoms with Crippen molar-refractivity contribution in [1.82, 2.24) is 24.9 Å². The van der Waals surface area contributed by atoms with Gasteiger partial charge in [0.1, 0.15) is 5.69 Å². The van der Waals surface area contributed by atoms with Crippen molar-refractivity contribution in [3.8, 4) is 0 Å².